The molecule has 1 fully saturated rings. The number of hydrogen-bond donors (Lipinski definition) is 1. The van der Waals surface area contributed by atoms with Crippen LogP contribution in [0.1, 0.15) is 33.1 Å². The Labute approximate surface area is 121 Å². The number of sulfone groups is 1. The minimum atomic E-state index is -3.12. The molecule has 1 saturated heterocycles. The van der Waals surface area contributed by atoms with E-state index < -0.39 is 9.84 Å². The van der Waals surface area contributed by atoms with Crippen molar-refractivity contribution in [1.29, 1.82) is 0 Å². The van der Waals surface area contributed by atoms with Crippen LogP contribution < -0.4 is 5.32 Å². The van der Waals surface area contributed by atoms with Crippen molar-refractivity contribution in [2.24, 2.45) is 0 Å². The second kappa shape index (κ2) is 6.14. The van der Waals surface area contributed by atoms with Gasteiger partial charge in [-0.15, -0.1) is 0 Å². The van der Waals surface area contributed by atoms with Gasteiger partial charge in [0.1, 0.15) is 0 Å². The molecule has 20 heavy (non-hydrogen) atoms. The maximum atomic E-state index is 11.9. The van der Waals surface area contributed by atoms with Gasteiger partial charge in [0.2, 0.25) is 0 Å². The third-order valence-corrected chi connectivity index (χ3v) is 5.59. The molecule has 1 aromatic carbocycles. The molecule has 0 radical (unpaired) electrons. The molecule has 1 atom stereocenters. The average molecular weight is 297 g/mol. The zero-order chi connectivity index (χ0) is 14.6. The van der Waals surface area contributed by atoms with E-state index in [4.69, 9.17) is 4.74 Å². The molecule has 0 spiro atoms. The van der Waals surface area contributed by atoms with Crippen LogP contribution in [0.5, 0.6) is 0 Å². The van der Waals surface area contributed by atoms with Crippen LogP contribution in [0.15, 0.2) is 29.2 Å². The van der Waals surface area contributed by atoms with Crippen molar-refractivity contribution in [2.75, 3.05) is 24.2 Å². The Morgan fingerprint density at radius 1 is 1.30 bits per heavy atom. The number of ether oxygens (including phenoxy) is 1. The third-order valence-electron chi connectivity index (χ3n) is 3.65. The van der Waals surface area contributed by atoms with Gasteiger partial charge in [-0.1, -0.05) is 6.92 Å². The first-order valence-electron chi connectivity index (χ1n) is 7.16. The number of anilines is 1. The van der Waals surface area contributed by atoms with Crippen molar-refractivity contribution in [3.8, 4) is 0 Å². The van der Waals surface area contributed by atoms with Crippen LogP contribution in [0, 0.1) is 0 Å². The Hall–Kier alpha value is -1.07. The first kappa shape index (κ1) is 15.3. The van der Waals surface area contributed by atoms with Gasteiger partial charge in [-0.2, -0.15) is 0 Å². The van der Waals surface area contributed by atoms with Gasteiger partial charge in [-0.3, -0.25) is 0 Å². The van der Waals surface area contributed by atoms with Gasteiger partial charge in [-0.25, -0.2) is 8.42 Å². The monoisotopic (exact) mass is 297 g/mol. The van der Waals surface area contributed by atoms with E-state index in [1.807, 2.05) is 19.1 Å². The normalized spacial score (nSPS) is 22.9. The number of benzene rings is 1. The summed E-state index contributed by atoms with van der Waals surface area (Å²) in [4.78, 5) is 0.397. The lowest BCUT2D eigenvalue weighted by atomic mass is 10.0. The van der Waals surface area contributed by atoms with Gasteiger partial charge < -0.3 is 10.1 Å². The second-order valence-electron chi connectivity index (χ2n) is 5.60. The van der Waals surface area contributed by atoms with Crippen LogP contribution in [0.4, 0.5) is 5.69 Å². The summed E-state index contributed by atoms with van der Waals surface area (Å²) in [5.74, 6) is 0.200. The Morgan fingerprint density at radius 3 is 2.55 bits per heavy atom. The Morgan fingerprint density at radius 2 is 2.00 bits per heavy atom. The molecule has 112 valence electrons. The number of rotatable bonds is 6. The first-order valence-corrected chi connectivity index (χ1v) is 8.81. The van der Waals surface area contributed by atoms with E-state index in [0.29, 0.717) is 11.3 Å². The Kier molecular flexibility index (Phi) is 4.70. The molecule has 0 bridgehead atoms. The topological polar surface area (TPSA) is 55.4 Å². The summed E-state index contributed by atoms with van der Waals surface area (Å²) >= 11 is 0. The van der Waals surface area contributed by atoms with Gasteiger partial charge in [-0.05, 0) is 50.5 Å². The lowest BCUT2D eigenvalue weighted by molar-refractivity contribution is 0.0315. The SMILES string of the molecule is CCCS(=O)(=O)c1ccc(NCC2(C)CCCO2)cc1. The van der Waals surface area contributed by atoms with Crippen LogP contribution in [-0.4, -0.2) is 32.9 Å². The van der Waals surface area contributed by atoms with E-state index in [9.17, 15) is 8.42 Å². The first-order chi connectivity index (χ1) is 9.45. The number of hydrogen-bond acceptors (Lipinski definition) is 4. The van der Waals surface area contributed by atoms with Gasteiger partial charge in [0.15, 0.2) is 9.84 Å². The summed E-state index contributed by atoms with van der Waals surface area (Å²) in [5.41, 5.74) is 0.824. The summed E-state index contributed by atoms with van der Waals surface area (Å²) in [6.07, 6.45) is 2.80. The van der Waals surface area contributed by atoms with Crippen molar-refractivity contribution in [3.63, 3.8) is 0 Å². The average Bonchev–Trinajstić information content (AvgIpc) is 2.84. The summed E-state index contributed by atoms with van der Waals surface area (Å²) in [7, 11) is -3.12. The van der Waals surface area contributed by atoms with Gasteiger partial charge in [0, 0.05) is 18.8 Å². The predicted octanol–water partition coefficient (Wildman–Crippen LogP) is 2.85. The molecule has 5 heteroatoms. The van der Waals surface area contributed by atoms with Crippen LogP contribution in [0.2, 0.25) is 0 Å². The van der Waals surface area contributed by atoms with Gasteiger partial charge >= 0.3 is 0 Å². The molecule has 1 aromatic rings. The maximum Gasteiger partial charge on any atom is 0.178 e. The fraction of sp³-hybridized carbons (Fsp3) is 0.600. The smallest absolute Gasteiger partial charge is 0.178 e. The van der Waals surface area contributed by atoms with E-state index in [2.05, 4.69) is 12.2 Å². The molecular formula is C15H23NO3S. The van der Waals surface area contributed by atoms with Crippen LogP contribution in [-0.2, 0) is 14.6 Å². The molecule has 2 rings (SSSR count). The molecule has 1 heterocycles. The van der Waals surface area contributed by atoms with Crippen molar-refractivity contribution in [3.05, 3.63) is 24.3 Å². The molecule has 4 nitrogen and oxygen atoms in total. The summed E-state index contributed by atoms with van der Waals surface area (Å²) in [5, 5.41) is 3.32. The molecule has 0 amide bonds. The molecule has 0 saturated carbocycles. The highest BCUT2D eigenvalue weighted by atomic mass is 32.2. The molecule has 0 aliphatic carbocycles. The van der Waals surface area contributed by atoms with Crippen molar-refractivity contribution >= 4 is 15.5 Å². The van der Waals surface area contributed by atoms with E-state index in [1.165, 1.54) is 0 Å². The largest absolute Gasteiger partial charge is 0.382 e. The van der Waals surface area contributed by atoms with Crippen LogP contribution in [0.3, 0.4) is 0 Å². The van der Waals surface area contributed by atoms with Gasteiger partial charge in [0.25, 0.3) is 0 Å². The van der Waals surface area contributed by atoms with Crippen molar-refractivity contribution in [2.45, 2.75) is 43.6 Å². The van der Waals surface area contributed by atoms with Crippen LogP contribution >= 0.6 is 0 Å². The van der Waals surface area contributed by atoms with E-state index in [0.717, 1.165) is 31.7 Å². The molecule has 0 aromatic heterocycles. The lowest BCUT2D eigenvalue weighted by Crippen LogP contribution is -2.32. The molecule has 1 aliphatic heterocycles. The lowest BCUT2D eigenvalue weighted by Gasteiger charge is -2.24. The second-order valence-corrected chi connectivity index (χ2v) is 7.71. The predicted molar refractivity (Wildman–Crippen MR) is 80.9 cm³/mol. The quantitative estimate of drug-likeness (QED) is 0.877. The highest BCUT2D eigenvalue weighted by Gasteiger charge is 2.29. The Bertz CT molecular complexity index is 531. The fourth-order valence-corrected chi connectivity index (χ4v) is 3.76. The fourth-order valence-electron chi connectivity index (χ4n) is 2.43. The zero-order valence-corrected chi connectivity index (χ0v) is 13.0. The summed E-state index contributed by atoms with van der Waals surface area (Å²) in [6.45, 7) is 5.54. The summed E-state index contributed by atoms with van der Waals surface area (Å²) in [6, 6.07) is 6.98. The minimum absolute atomic E-state index is 0.104. The molecule has 1 aliphatic rings. The highest BCUT2D eigenvalue weighted by molar-refractivity contribution is 7.91. The highest BCUT2D eigenvalue weighted by Crippen LogP contribution is 2.25. The van der Waals surface area contributed by atoms with Gasteiger partial charge in [0.05, 0.1) is 16.2 Å². The van der Waals surface area contributed by atoms with E-state index in [1.54, 1.807) is 12.1 Å². The maximum absolute atomic E-state index is 11.9. The van der Waals surface area contributed by atoms with E-state index in [-0.39, 0.29) is 11.4 Å². The molecule has 1 unspecified atom stereocenters. The zero-order valence-electron chi connectivity index (χ0n) is 12.2. The van der Waals surface area contributed by atoms with Crippen LogP contribution in [0.25, 0.3) is 0 Å². The third kappa shape index (κ3) is 3.73. The van der Waals surface area contributed by atoms with Crippen molar-refractivity contribution in [1.82, 2.24) is 0 Å². The van der Waals surface area contributed by atoms with E-state index >= 15 is 0 Å². The molecule has 1 N–H and O–H groups in total. The minimum Gasteiger partial charge on any atom is -0.382 e. The Balaban J connectivity index is 1.98. The standard InChI is InChI=1S/C15H23NO3S/c1-3-11-20(17,18)14-7-5-13(6-8-14)16-12-15(2)9-4-10-19-15/h5-8,16H,3-4,9-12H2,1-2H3. The molecular weight excluding hydrogens is 274 g/mol. The van der Waals surface area contributed by atoms with Crippen molar-refractivity contribution < 1.29 is 13.2 Å². The number of nitrogens with one attached hydrogen (secondary N) is 1. The summed E-state index contributed by atoms with van der Waals surface area (Å²) < 4.78 is 29.6.